The summed E-state index contributed by atoms with van der Waals surface area (Å²) in [7, 11) is 0. The van der Waals surface area contributed by atoms with Gasteiger partial charge >= 0.3 is 0 Å². The van der Waals surface area contributed by atoms with E-state index in [4.69, 9.17) is 0 Å². The Morgan fingerprint density at radius 3 is 2.75 bits per heavy atom. The first-order valence-electron chi connectivity index (χ1n) is 6.30. The van der Waals surface area contributed by atoms with Crippen LogP contribution in [0.4, 0.5) is 0 Å². The first-order valence-corrected chi connectivity index (χ1v) is 7.09. The molecule has 0 bridgehead atoms. The van der Waals surface area contributed by atoms with Crippen molar-refractivity contribution >= 4 is 21.6 Å². The fourth-order valence-electron chi connectivity index (χ4n) is 2.11. The van der Waals surface area contributed by atoms with E-state index in [9.17, 15) is 4.79 Å². The smallest absolute Gasteiger partial charge is 0.273 e. The van der Waals surface area contributed by atoms with Gasteiger partial charge in [0.25, 0.3) is 5.56 Å². The summed E-state index contributed by atoms with van der Waals surface area (Å²) < 4.78 is 2.17. The van der Waals surface area contributed by atoms with Crippen LogP contribution < -0.4 is 5.56 Å². The highest BCUT2D eigenvalue weighted by Gasteiger charge is 2.13. The molecule has 0 radical (unpaired) electrons. The number of aromatic nitrogens is 4. The van der Waals surface area contributed by atoms with Crippen LogP contribution in [-0.4, -0.2) is 19.6 Å². The molecule has 0 unspecified atom stereocenters. The number of hydrogen-bond donors (Lipinski definition) is 1. The Kier molecular flexibility index (Phi) is 3.17. The lowest BCUT2D eigenvalue weighted by atomic mass is 10.1. The van der Waals surface area contributed by atoms with Gasteiger partial charge in [0.05, 0.1) is 11.4 Å². The molecule has 0 fully saturated rings. The van der Waals surface area contributed by atoms with Crippen molar-refractivity contribution in [2.45, 2.75) is 19.8 Å². The largest absolute Gasteiger partial charge is 0.297 e. The molecule has 0 aliphatic carbocycles. The van der Waals surface area contributed by atoms with Crippen LogP contribution in [0.15, 0.2) is 39.9 Å². The highest BCUT2D eigenvalue weighted by molar-refractivity contribution is 9.10. The van der Waals surface area contributed by atoms with Crippen molar-refractivity contribution in [1.29, 1.82) is 0 Å². The van der Waals surface area contributed by atoms with Gasteiger partial charge in [-0.25, -0.2) is 14.5 Å². The van der Waals surface area contributed by atoms with E-state index in [0.29, 0.717) is 17.0 Å². The molecule has 1 N–H and O–H groups in total. The Balaban J connectivity index is 2.28. The molecule has 0 atom stereocenters. The summed E-state index contributed by atoms with van der Waals surface area (Å²) in [5, 5.41) is 2.94. The van der Waals surface area contributed by atoms with Crippen molar-refractivity contribution < 1.29 is 0 Å². The molecule has 20 heavy (non-hydrogen) atoms. The maximum absolute atomic E-state index is 12.1. The van der Waals surface area contributed by atoms with E-state index < -0.39 is 0 Å². The third-order valence-corrected chi connectivity index (χ3v) is 3.57. The van der Waals surface area contributed by atoms with Crippen LogP contribution in [0.2, 0.25) is 0 Å². The molecule has 0 amide bonds. The number of halogens is 1. The molecule has 102 valence electrons. The van der Waals surface area contributed by atoms with E-state index in [2.05, 4.69) is 44.8 Å². The summed E-state index contributed by atoms with van der Waals surface area (Å²) in [6.45, 7) is 4.14. The van der Waals surface area contributed by atoms with Gasteiger partial charge in [-0.2, -0.15) is 0 Å². The van der Waals surface area contributed by atoms with E-state index in [-0.39, 0.29) is 11.5 Å². The number of aromatic amines is 1. The maximum Gasteiger partial charge on any atom is 0.273 e. The number of fused-ring (bicyclic) bond motifs is 1. The molecule has 3 aromatic rings. The van der Waals surface area contributed by atoms with Gasteiger partial charge in [0.15, 0.2) is 5.65 Å². The van der Waals surface area contributed by atoms with Crippen LogP contribution in [-0.2, 0) is 0 Å². The molecule has 3 heterocycles. The third-order valence-electron chi connectivity index (χ3n) is 3.13. The molecule has 3 rings (SSSR count). The van der Waals surface area contributed by atoms with Crippen molar-refractivity contribution in [3.05, 3.63) is 51.0 Å². The molecule has 0 saturated heterocycles. The standard InChI is InChI=1S/C14H13BrN4O/c1-8(2)9-7-16-19-13(20)6-11(18-14(9)19)10-4-3-5-12(15)17-10/h3-8,16H,1-2H3. The Bertz CT molecular complexity index is 835. The monoisotopic (exact) mass is 332 g/mol. The highest BCUT2D eigenvalue weighted by Crippen LogP contribution is 2.21. The lowest BCUT2D eigenvalue weighted by Gasteiger charge is -2.04. The number of pyridine rings is 1. The van der Waals surface area contributed by atoms with Crippen LogP contribution in [0.5, 0.6) is 0 Å². The van der Waals surface area contributed by atoms with Gasteiger partial charge in [0.2, 0.25) is 0 Å². The van der Waals surface area contributed by atoms with Gasteiger partial charge in [-0.3, -0.25) is 9.89 Å². The van der Waals surface area contributed by atoms with Gasteiger partial charge in [0.1, 0.15) is 4.60 Å². The normalized spacial score (nSPS) is 11.4. The summed E-state index contributed by atoms with van der Waals surface area (Å²) in [5.74, 6) is 0.286. The first kappa shape index (κ1) is 13.1. The van der Waals surface area contributed by atoms with Gasteiger partial charge in [-0.05, 0) is 34.0 Å². The zero-order chi connectivity index (χ0) is 14.3. The molecule has 0 aliphatic rings. The SMILES string of the molecule is CC(C)c1c[nH]n2c(=O)cc(-c3cccc(Br)n3)nc12. The fourth-order valence-corrected chi connectivity index (χ4v) is 2.45. The van der Waals surface area contributed by atoms with Gasteiger partial charge in [0, 0.05) is 17.8 Å². The number of rotatable bonds is 2. The second-order valence-corrected chi connectivity index (χ2v) is 5.68. The summed E-state index contributed by atoms with van der Waals surface area (Å²) in [4.78, 5) is 21.1. The number of H-pyrrole nitrogens is 1. The first-order chi connectivity index (χ1) is 9.56. The molecule has 6 heteroatoms. The topological polar surface area (TPSA) is 63.0 Å². The van der Waals surface area contributed by atoms with Crippen molar-refractivity contribution in [2.24, 2.45) is 0 Å². The maximum atomic E-state index is 12.1. The Morgan fingerprint density at radius 2 is 2.05 bits per heavy atom. The molecule has 0 saturated carbocycles. The summed E-state index contributed by atoms with van der Waals surface area (Å²) in [6, 6.07) is 7.04. The summed E-state index contributed by atoms with van der Waals surface area (Å²) in [6.07, 6.45) is 1.83. The molecule has 0 aliphatic heterocycles. The molecule has 3 aromatic heterocycles. The van der Waals surface area contributed by atoms with Crippen LogP contribution in [0.25, 0.3) is 17.0 Å². The average molecular weight is 333 g/mol. The molecule has 5 nitrogen and oxygen atoms in total. The Labute approximate surface area is 123 Å². The lowest BCUT2D eigenvalue weighted by molar-refractivity contribution is 0.870. The fraction of sp³-hybridized carbons (Fsp3) is 0.214. The minimum absolute atomic E-state index is 0.140. The Hall–Kier alpha value is -1.95. The second kappa shape index (κ2) is 4.86. The molecule has 0 aromatic carbocycles. The lowest BCUT2D eigenvalue weighted by Crippen LogP contribution is -2.14. The van der Waals surface area contributed by atoms with E-state index in [0.717, 1.165) is 10.2 Å². The van der Waals surface area contributed by atoms with E-state index in [1.165, 1.54) is 10.6 Å². The van der Waals surface area contributed by atoms with E-state index in [1.807, 2.05) is 24.4 Å². The van der Waals surface area contributed by atoms with Gasteiger partial charge in [-0.15, -0.1) is 0 Å². The third kappa shape index (κ3) is 2.16. The van der Waals surface area contributed by atoms with E-state index in [1.54, 1.807) is 0 Å². The van der Waals surface area contributed by atoms with Gasteiger partial charge < -0.3 is 0 Å². The molecule has 0 spiro atoms. The van der Waals surface area contributed by atoms with Crippen molar-refractivity contribution in [1.82, 2.24) is 19.6 Å². The van der Waals surface area contributed by atoms with Crippen molar-refractivity contribution in [2.75, 3.05) is 0 Å². The van der Waals surface area contributed by atoms with Crippen LogP contribution in [0.1, 0.15) is 25.3 Å². The predicted octanol–water partition coefficient (Wildman–Crippen LogP) is 2.97. The predicted molar refractivity (Wildman–Crippen MR) is 80.8 cm³/mol. The van der Waals surface area contributed by atoms with Crippen LogP contribution in [0.3, 0.4) is 0 Å². The minimum atomic E-state index is -0.140. The van der Waals surface area contributed by atoms with Crippen molar-refractivity contribution in [3.63, 3.8) is 0 Å². The molecular weight excluding hydrogens is 320 g/mol. The summed E-state index contributed by atoms with van der Waals surface area (Å²) in [5.41, 5.74) is 2.79. The second-order valence-electron chi connectivity index (χ2n) is 4.87. The van der Waals surface area contributed by atoms with Gasteiger partial charge in [-0.1, -0.05) is 19.9 Å². The highest BCUT2D eigenvalue weighted by atomic mass is 79.9. The Morgan fingerprint density at radius 1 is 1.25 bits per heavy atom. The molecular formula is C14H13BrN4O. The van der Waals surface area contributed by atoms with Crippen molar-refractivity contribution in [3.8, 4) is 11.4 Å². The average Bonchev–Trinajstić information content (AvgIpc) is 2.83. The van der Waals surface area contributed by atoms with Crippen LogP contribution >= 0.6 is 15.9 Å². The number of hydrogen-bond acceptors (Lipinski definition) is 3. The van der Waals surface area contributed by atoms with Crippen LogP contribution in [0, 0.1) is 0 Å². The number of nitrogens with zero attached hydrogens (tertiary/aromatic N) is 3. The zero-order valence-corrected chi connectivity index (χ0v) is 12.7. The zero-order valence-electron chi connectivity index (χ0n) is 11.1. The van der Waals surface area contributed by atoms with E-state index >= 15 is 0 Å². The minimum Gasteiger partial charge on any atom is -0.297 e. The summed E-state index contributed by atoms with van der Waals surface area (Å²) >= 11 is 3.33. The number of nitrogens with one attached hydrogen (secondary N) is 1. The quantitative estimate of drug-likeness (QED) is 0.734.